The summed E-state index contributed by atoms with van der Waals surface area (Å²) < 4.78 is 23.1. The molecule has 0 amide bonds. The van der Waals surface area contributed by atoms with Gasteiger partial charge in [0.1, 0.15) is 17.9 Å². The van der Waals surface area contributed by atoms with Gasteiger partial charge in [0.2, 0.25) is 6.35 Å². The molecule has 4 aliphatic rings. The van der Waals surface area contributed by atoms with Crippen LogP contribution in [0, 0.1) is 28.6 Å². The van der Waals surface area contributed by atoms with Crippen molar-refractivity contribution < 1.29 is 38.6 Å². The van der Waals surface area contributed by atoms with Crippen LogP contribution >= 0.6 is 7.60 Å². The summed E-state index contributed by atoms with van der Waals surface area (Å²) >= 11 is 0. The zero-order valence-electron chi connectivity index (χ0n) is 21.7. The molecule has 9 nitrogen and oxygen atoms in total. The van der Waals surface area contributed by atoms with Crippen molar-refractivity contribution in [2.24, 2.45) is 33.7 Å². The summed E-state index contributed by atoms with van der Waals surface area (Å²) in [6, 6.07) is 0. The van der Waals surface area contributed by atoms with Crippen molar-refractivity contribution in [1.29, 1.82) is 0 Å². The average molecular weight is 526 g/mol. The number of rotatable bonds is 9. The molecule has 10 heteroatoms. The molecule has 0 aromatic rings. The van der Waals surface area contributed by atoms with Gasteiger partial charge in [0.05, 0.1) is 19.3 Å². The summed E-state index contributed by atoms with van der Waals surface area (Å²) in [5.74, 6) is -0.374. The second-order valence-corrected chi connectivity index (χ2v) is 13.0. The van der Waals surface area contributed by atoms with Gasteiger partial charge in [-0.05, 0) is 69.9 Å². The molecule has 0 radical (unpaired) electrons. The third kappa shape index (κ3) is 4.36. The van der Waals surface area contributed by atoms with Gasteiger partial charge in [0.25, 0.3) is 0 Å². The van der Waals surface area contributed by atoms with E-state index in [0.29, 0.717) is 25.0 Å². The van der Waals surface area contributed by atoms with E-state index in [-0.39, 0.29) is 37.3 Å². The first-order chi connectivity index (χ1) is 17.0. The molecule has 3 N–H and O–H groups in total. The van der Waals surface area contributed by atoms with Gasteiger partial charge < -0.3 is 29.2 Å². The van der Waals surface area contributed by atoms with Crippen LogP contribution in [0.5, 0.6) is 0 Å². The van der Waals surface area contributed by atoms with Crippen molar-refractivity contribution in [3.8, 4) is 0 Å². The largest absolute Gasteiger partial charge is 0.393 e. The molecular weight excluding hydrogens is 485 g/mol. The first kappa shape index (κ1) is 27.7. The number of carbonyl (C=O) groups is 1. The summed E-state index contributed by atoms with van der Waals surface area (Å²) in [4.78, 5) is 17.9. The molecule has 0 heterocycles. The van der Waals surface area contributed by atoms with Gasteiger partial charge in [-0.1, -0.05) is 30.7 Å². The van der Waals surface area contributed by atoms with Crippen LogP contribution in [-0.2, 0) is 23.2 Å². The Balaban J connectivity index is 1.54. The molecule has 0 aromatic heterocycles. The van der Waals surface area contributed by atoms with Gasteiger partial charge in [0, 0.05) is 16.7 Å². The average Bonchev–Trinajstić information content (AvgIpc) is 3.09. The number of aliphatic hydroxyl groups is 3. The number of fused-ring (bicyclic) bond motifs is 5. The molecule has 3 unspecified atom stereocenters. The Hall–Kier alpha value is -1.35. The molecule has 202 valence electrons. The first-order valence-corrected chi connectivity index (χ1v) is 14.7. The van der Waals surface area contributed by atoms with E-state index in [1.165, 1.54) is 0 Å². The quantitative estimate of drug-likeness (QED) is 0.307. The topological polar surface area (TPSA) is 135 Å². The van der Waals surface area contributed by atoms with E-state index in [9.17, 15) is 24.7 Å². The molecule has 4 aliphatic carbocycles. The van der Waals surface area contributed by atoms with Gasteiger partial charge in [0.15, 0.2) is 5.78 Å². The van der Waals surface area contributed by atoms with E-state index >= 15 is 0 Å². The summed E-state index contributed by atoms with van der Waals surface area (Å²) in [7, 11) is -3.36. The molecule has 0 saturated heterocycles. The van der Waals surface area contributed by atoms with Crippen molar-refractivity contribution in [3.63, 3.8) is 0 Å². The normalized spacial score (nSPS) is 40.9. The Morgan fingerprint density at radius 1 is 1.22 bits per heavy atom. The van der Waals surface area contributed by atoms with Gasteiger partial charge >= 0.3 is 7.60 Å². The van der Waals surface area contributed by atoms with Gasteiger partial charge in [-0.3, -0.25) is 9.36 Å². The minimum atomic E-state index is -3.36. The number of oxime groups is 1. The van der Waals surface area contributed by atoms with Crippen molar-refractivity contribution in [2.45, 2.75) is 71.5 Å². The number of hydrogen-bond donors (Lipinski definition) is 3. The highest BCUT2D eigenvalue weighted by Gasteiger charge is 2.67. The Morgan fingerprint density at radius 2 is 1.92 bits per heavy atom. The summed E-state index contributed by atoms with van der Waals surface area (Å²) in [5.41, 5.74) is -1.01. The van der Waals surface area contributed by atoms with Gasteiger partial charge in [-0.15, -0.1) is 0 Å². The van der Waals surface area contributed by atoms with Crippen molar-refractivity contribution in [2.75, 3.05) is 26.2 Å². The maximum Gasteiger partial charge on any atom is 0.370 e. The van der Waals surface area contributed by atoms with E-state index in [1.54, 1.807) is 13.8 Å². The van der Waals surface area contributed by atoms with E-state index in [1.807, 2.05) is 19.1 Å². The van der Waals surface area contributed by atoms with Crippen molar-refractivity contribution in [1.82, 2.24) is 0 Å². The lowest BCUT2D eigenvalue weighted by Crippen LogP contribution is -2.61. The second kappa shape index (κ2) is 10.1. The zero-order valence-corrected chi connectivity index (χ0v) is 22.6. The third-order valence-corrected chi connectivity index (χ3v) is 11.0. The predicted molar refractivity (Wildman–Crippen MR) is 134 cm³/mol. The lowest BCUT2D eigenvalue weighted by Gasteiger charge is -2.59. The molecule has 0 bridgehead atoms. The van der Waals surface area contributed by atoms with Crippen LogP contribution in [0.4, 0.5) is 0 Å². The standard InChI is InChI=1S/C26H40NO8P/c1-5-34-36(32,35-6-2)16-33-27-18-9-11-24(3)17(13-18)7-8-19-20-10-12-26(31,22(30)15-28)25(20,4)14-21(29)23(19)24/h9,11,13,19-21,23,28-29,31H,5-8,10,12,14-16H2,1-4H3/b27-18+/t19?,20?,21-,23?,24-,25-,26-/m0/s1. The number of aliphatic hydroxyl groups excluding tert-OH is 2. The lowest BCUT2D eigenvalue weighted by atomic mass is 9.46. The van der Waals surface area contributed by atoms with Crippen LogP contribution in [-0.4, -0.2) is 64.7 Å². The lowest BCUT2D eigenvalue weighted by molar-refractivity contribution is -0.178. The fourth-order valence-electron chi connectivity index (χ4n) is 7.67. The molecule has 36 heavy (non-hydrogen) atoms. The van der Waals surface area contributed by atoms with Crippen LogP contribution < -0.4 is 0 Å². The molecular formula is C26H40NO8P. The molecule has 4 rings (SSSR count). The highest BCUT2D eigenvalue weighted by molar-refractivity contribution is 7.53. The Kier molecular flexibility index (Phi) is 7.75. The maximum absolute atomic E-state index is 12.6. The highest BCUT2D eigenvalue weighted by Crippen LogP contribution is 2.67. The predicted octanol–water partition coefficient (Wildman–Crippen LogP) is 3.58. The number of hydrogen-bond acceptors (Lipinski definition) is 9. The number of carbonyl (C=O) groups excluding carboxylic acids is 1. The molecule has 0 spiro atoms. The second-order valence-electron chi connectivity index (χ2n) is 11.0. The van der Waals surface area contributed by atoms with Crippen LogP contribution in [0.25, 0.3) is 0 Å². The summed E-state index contributed by atoms with van der Waals surface area (Å²) in [6.07, 6.45) is 7.88. The Bertz CT molecular complexity index is 1000. The van der Waals surface area contributed by atoms with Crippen molar-refractivity contribution >= 4 is 19.1 Å². The Morgan fingerprint density at radius 3 is 2.56 bits per heavy atom. The first-order valence-electron chi connectivity index (χ1n) is 13.0. The minimum Gasteiger partial charge on any atom is -0.393 e. The number of nitrogens with zero attached hydrogens (tertiary/aromatic N) is 1. The highest BCUT2D eigenvalue weighted by atomic mass is 31.2. The fourth-order valence-corrected chi connectivity index (χ4v) is 8.88. The SMILES string of the molecule is CCOP(=O)(CO/N=C1\C=C[C@@]2(C)C(=C1)CCC1C2[C@@H](O)C[C@@]2(C)C1CC[C@]2(O)C(=O)CO)OCC. The Labute approximate surface area is 213 Å². The fraction of sp³-hybridized carbons (Fsp3) is 0.769. The zero-order chi connectivity index (χ0) is 26.4. The van der Waals surface area contributed by atoms with Crippen LogP contribution in [0.1, 0.15) is 59.8 Å². The minimum absolute atomic E-state index is 0.0583. The molecule has 7 atom stereocenters. The molecule has 0 aliphatic heterocycles. The number of allylic oxidation sites excluding steroid dienone is 4. The van der Waals surface area contributed by atoms with Crippen LogP contribution in [0.3, 0.4) is 0 Å². The van der Waals surface area contributed by atoms with Gasteiger partial charge in [-0.25, -0.2) is 0 Å². The van der Waals surface area contributed by atoms with Crippen molar-refractivity contribution in [3.05, 3.63) is 23.8 Å². The van der Waals surface area contributed by atoms with Gasteiger partial charge in [-0.2, -0.15) is 0 Å². The monoisotopic (exact) mass is 525 g/mol. The number of Topliss-reactive ketones (excluding diaryl/α,β-unsaturated/α-hetero) is 1. The van der Waals surface area contributed by atoms with E-state index in [2.05, 4.69) is 18.2 Å². The number of ketones is 1. The maximum atomic E-state index is 12.6. The van der Waals surface area contributed by atoms with E-state index in [0.717, 1.165) is 18.4 Å². The molecule has 0 aromatic carbocycles. The third-order valence-electron chi connectivity index (χ3n) is 9.30. The van der Waals surface area contributed by atoms with Crippen LogP contribution in [0.2, 0.25) is 0 Å². The van der Waals surface area contributed by atoms with E-state index < -0.39 is 42.5 Å². The smallest absolute Gasteiger partial charge is 0.370 e. The van der Waals surface area contributed by atoms with Crippen LogP contribution in [0.15, 0.2) is 29.0 Å². The molecule has 3 fully saturated rings. The summed E-state index contributed by atoms with van der Waals surface area (Å²) in [6.45, 7) is 7.32. The summed E-state index contributed by atoms with van der Waals surface area (Å²) in [5, 5.41) is 36.5. The van der Waals surface area contributed by atoms with E-state index in [4.69, 9.17) is 13.9 Å². The molecule has 3 saturated carbocycles.